The number of fused-ring (bicyclic) bond motifs is 1. The second-order valence-electron chi connectivity index (χ2n) is 6.02. The summed E-state index contributed by atoms with van der Waals surface area (Å²) in [5.41, 5.74) is 0.980. The van der Waals surface area contributed by atoms with E-state index in [4.69, 9.17) is 4.74 Å². The second kappa shape index (κ2) is 8.32. The maximum Gasteiger partial charge on any atom is 0.189 e. The van der Waals surface area contributed by atoms with Crippen molar-refractivity contribution in [3.8, 4) is 5.75 Å². The first-order valence-electron chi connectivity index (χ1n) is 8.29. The van der Waals surface area contributed by atoms with Crippen LogP contribution in [0.3, 0.4) is 0 Å². The van der Waals surface area contributed by atoms with Gasteiger partial charge in [-0.25, -0.2) is 0 Å². The fourth-order valence-corrected chi connectivity index (χ4v) is 3.41. The van der Waals surface area contributed by atoms with Gasteiger partial charge in [0.1, 0.15) is 5.75 Å². The summed E-state index contributed by atoms with van der Waals surface area (Å²) >= 11 is 3.56. The molecule has 1 aromatic heterocycles. The first-order valence-corrected chi connectivity index (χ1v) is 9.08. The second-order valence-corrected chi connectivity index (χ2v) is 6.88. The Labute approximate surface area is 155 Å². The predicted octanol–water partition coefficient (Wildman–Crippen LogP) is 4.12. The summed E-state index contributed by atoms with van der Waals surface area (Å²) in [7, 11) is 2.07. The largest absolute Gasteiger partial charge is 0.494 e. The van der Waals surface area contributed by atoms with E-state index in [0.717, 1.165) is 34.1 Å². The van der Waals surface area contributed by atoms with Gasteiger partial charge in [-0.2, -0.15) is 0 Å². The molecule has 0 N–H and O–H groups in total. The average Bonchev–Trinajstić information content (AvgIpc) is 2.62. The molecule has 0 aliphatic rings. The Balaban J connectivity index is 1.60. The van der Waals surface area contributed by atoms with Crippen LogP contribution in [0.15, 0.2) is 70.1 Å². The van der Waals surface area contributed by atoms with Crippen LogP contribution in [0.25, 0.3) is 10.9 Å². The standard InChI is InChI=1S/C20H21BrN2O2/c1-22(12-6-14-25-16-7-3-2-4-8-16)15-23-13-11-19(24)17-9-5-10-18(21)20(17)23/h2-5,7-11,13H,6,12,14-15H2,1H3. The van der Waals surface area contributed by atoms with E-state index in [2.05, 4.69) is 32.4 Å². The topological polar surface area (TPSA) is 34.5 Å². The first-order chi connectivity index (χ1) is 12.1. The minimum atomic E-state index is 0.0477. The Bertz CT molecular complexity index is 893. The molecule has 25 heavy (non-hydrogen) atoms. The maximum absolute atomic E-state index is 12.1. The highest BCUT2D eigenvalue weighted by Crippen LogP contribution is 2.21. The molecule has 0 fully saturated rings. The summed E-state index contributed by atoms with van der Waals surface area (Å²) in [6, 6.07) is 17.2. The summed E-state index contributed by atoms with van der Waals surface area (Å²) in [6.45, 7) is 2.30. The van der Waals surface area contributed by atoms with Crippen LogP contribution in [0.1, 0.15) is 6.42 Å². The van der Waals surface area contributed by atoms with Crippen LogP contribution in [0.5, 0.6) is 5.75 Å². The highest BCUT2D eigenvalue weighted by Gasteiger charge is 2.08. The van der Waals surface area contributed by atoms with E-state index in [1.165, 1.54) is 0 Å². The molecule has 2 aromatic carbocycles. The summed E-state index contributed by atoms with van der Waals surface area (Å²) in [4.78, 5) is 14.3. The van der Waals surface area contributed by atoms with Gasteiger partial charge in [-0.3, -0.25) is 9.69 Å². The Morgan fingerprint density at radius 2 is 1.88 bits per heavy atom. The van der Waals surface area contributed by atoms with Crippen molar-refractivity contribution in [3.63, 3.8) is 0 Å². The van der Waals surface area contributed by atoms with Crippen molar-refractivity contribution in [1.29, 1.82) is 0 Å². The minimum Gasteiger partial charge on any atom is -0.494 e. The number of hydrogen-bond acceptors (Lipinski definition) is 3. The van der Waals surface area contributed by atoms with Gasteiger partial charge in [-0.05, 0) is 53.7 Å². The van der Waals surface area contributed by atoms with E-state index in [-0.39, 0.29) is 5.43 Å². The highest BCUT2D eigenvalue weighted by atomic mass is 79.9. The van der Waals surface area contributed by atoms with E-state index in [1.807, 2.05) is 54.7 Å². The minimum absolute atomic E-state index is 0.0477. The van der Waals surface area contributed by atoms with Crippen LogP contribution in [0, 0.1) is 0 Å². The summed E-state index contributed by atoms with van der Waals surface area (Å²) in [5, 5.41) is 0.734. The Morgan fingerprint density at radius 1 is 1.08 bits per heavy atom. The number of halogens is 1. The van der Waals surface area contributed by atoms with Crippen LogP contribution in [0.2, 0.25) is 0 Å². The third-order valence-corrected chi connectivity index (χ3v) is 4.68. The molecule has 0 atom stereocenters. The van der Waals surface area contributed by atoms with Gasteiger partial charge < -0.3 is 9.30 Å². The van der Waals surface area contributed by atoms with Gasteiger partial charge in [0.05, 0.1) is 18.8 Å². The summed E-state index contributed by atoms with van der Waals surface area (Å²) < 4.78 is 8.76. The van der Waals surface area contributed by atoms with Gasteiger partial charge >= 0.3 is 0 Å². The third kappa shape index (κ3) is 4.50. The van der Waals surface area contributed by atoms with Crippen molar-refractivity contribution in [2.75, 3.05) is 20.2 Å². The van der Waals surface area contributed by atoms with Crippen molar-refractivity contribution < 1.29 is 4.74 Å². The van der Waals surface area contributed by atoms with Crippen LogP contribution < -0.4 is 10.2 Å². The Kier molecular flexibility index (Phi) is 5.89. The number of rotatable bonds is 7. The van der Waals surface area contributed by atoms with Gasteiger partial charge in [0, 0.05) is 28.7 Å². The predicted molar refractivity (Wildman–Crippen MR) is 105 cm³/mol. The number of benzene rings is 2. The molecule has 0 aliphatic heterocycles. The van der Waals surface area contributed by atoms with Crippen molar-refractivity contribution in [2.24, 2.45) is 0 Å². The van der Waals surface area contributed by atoms with Crippen LogP contribution >= 0.6 is 15.9 Å². The lowest BCUT2D eigenvalue weighted by atomic mass is 10.2. The fourth-order valence-electron chi connectivity index (χ4n) is 2.82. The molecule has 5 heteroatoms. The van der Waals surface area contributed by atoms with Gasteiger partial charge in [0.15, 0.2) is 5.43 Å². The molecule has 4 nitrogen and oxygen atoms in total. The SMILES string of the molecule is CN(CCCOc1ccccc1)Cn1ccc(=O)c2cccc(Br)c21. The molecule has 0 amide bonds. The van der Waals surface area contributed by atoms with Crippen molar-refractivity contribution in [1.82, 2.24) is 9.47 Å². The quantitative estimate of drug-likeness (QED) is 0.559. The Morgan fingerprint density at radius 3 is 2.68 bits per heavy atom. The van der Waals surface area contributed by atoms with Crippen molar-refractivity contribution in [2.45, 2.75) is 13.1 Å². The summed E-state index contributed by atoms with van der Waals surface area (Å²) in [6.07, 6.45) is 2.79. The zero-order valence-corrected chi connectivity index (χ0v) is 15.8. The lowest BCUT2D eigenvalue weighted by Gasteiger charge is -2.20. The molecule has 3 rings (SSSR count). The van der Waals surface area contributed by atoms with E-state index in [1.54, 1.807) is 6.07 Å². The Hall–Kier alpha value is -2.11. The van der Waals surface area contributed by atoms with Crippen molar-refractivity contribution >= 4 is 26.8 Å². The van der Waals surface area contributed by atoms with Gasteiger partial charge in [-0.1, -0.05) is 24.3 Å². The maximum atomic E-state index is 12.1. The molecule has 1 heterocycles. The normalized spacial score (nSPS) is 11.2. The van der Waals surface area contributed by atoms with Gasteiger partial charge in [0.25, 0.3) is 0 Å². The van der Waals surface area contributed by atoms with E-state index >= 15 is 0 Å². The zero-order valence-electron chi connectivity index (χ0n) is 14.2. The molecule has 0 radical (unpaired) electrons. The first kappa shape index (κ1) is 17.7. The molecule has 0 saturated heterocycles. The monoisotopic (exact) mass is 400 g/mol. The van der Waals surface area contributed by atoms with Crippen LogP contribution in [0.4, 0.5) is 0 Å². The lowest BCUT2D eigenvalue weighted by molar-refractivity contribution is 0.233. The number of aromatic nitrogens is 1. The molecule has 0 saturated carbocycles. The molecule has 0 bridgehead atoms. The van der Waals surface area contributed by atoms with E-state index < -0.39 is 0 Å². The van der Waals surface area contributed by atoms with Crippen LogP contribution in [-0.4, -0.2) is 29.7 Å². The molecule has 0 unspecified atom stereocenters. The molecule has 3 aromatic rings. The van der Waals surface area contributed by atoms with Crippen molar-refractivity contribution in [3.05, 3.63) is 75.5 Å². The smallest absolute Gasteiger partial charge is 0.189 e. The molecule has 0 aliphatic carbocycles. The zero-order chi connectivity index (χ0) is 17.6. The van der Waals surface area contributed by atoms with Gasteiger partial charge in [0.2, 0.25) is 0 Å². The fraction of sp³-hybridized carbons (Fsp3) is 0.250. The number of pyridine rings is 1. The van der Waals surface area contributed by atoms with E-state index in [0.29, 0.717) is 13.3 Å². The number of hydrogen-bond donors (Lipinski definition) is 0. The number of ether oxygens (including phenoxy) is 1. The lowest BCUT2D eigenvalue weighted by Crippen LogP contribution is -2.25. The summed E-state index contributed by atoms with van der Waals surface area (Å²) in [5.74, 6) is 0.903. The van der Waals surface area contributed by atoms with E-state index in [9.17, 15) is 4.79 Å². The van der Waals surface area contributed by atoms with Crippen LogP contribution in [-0.2, 0) is 6.67 Å². The number of nitrogens with zero attached hydrogens (tertiary/aromatic N) is 2. The third-order valence-electron chi connectivity index (χ3n) is 4.04. The molecular weight excluding hydrogens is 380 g/mol. The van der Waals surface area contributed by atoms with Gasteiger partial charge in [-0.15, -0.1) is 0 Å². The number of para-hydroxylation sites is 2. The highest BCUT2D eigenvalue weighted by molar-refractivity contribution is 9.10. The molecule has 130 valence electrons. The molecular formula is C20H21BrN2O2. The molecule has 0 spiro atoms. The average molecular weight is 401 g/mol.